The normalized spacial score (nSPS) is 10.8. The van der Waals surface area contributed by atoms with Crippen LogP contribution in [0.2, 0.25) is 0 Å². The lowest BCUT2D eigenvalue weighted by Crippen LogP contribution is -2.29. The fourth-order valence-electron chi connectivity index (χ4n) is 1.98. The van der Waals surface area contributed by atoms with E-state index in [1.807, 2.05) is 30.3 Å². The van der Waals surface area contributed by atoms with Crippen LogP contribution < -0.4 is 5.32 Å². The molecule has 1 amide bonds. The van der Waals surface area contributed by atoms with Crippen LogP contribution in [-0.4, -0.2) is 27.4 Å². The smallest absolute Gasteiger partial charge is 0.273 e. The minimum absolute atomic E-state index is 0.168. The molecule has 2 rings (SSSR count). The van der Waals surface area contributed by atoms with Crippen LogP contribution in [0.4, 0.5) is 0 Å². The molecule has 1 aromatic heterocycles. The van der Waals surface area contributed by atoms with Crippen LogP contribution in [0, 0.1) is 5.92 Å². The summed E-state index contributed by atoms with van der Waals surface area (Å²) >= 11 is 0. The average Bonchev–Trinajstić information content (AvgIpc) is 2.99. The first-order valence-corrected chi connectivity index (χ1v) is 7.00. The predicted molar refractivity (Wildman–Crippen MR) is 77.8 cm³/mol. The molecule has 0 aliphatic heterocycles. The monoisotopic (exact) mass is 272 g/mol. The number of carbonyl (C=O) groups is 1. The van der Waals surface area contributed by atoms with E-state index in [1.165, 1.54) is 0 Å². The molecule has 20 heavy (non-hydrogen) atoms. The Labute approximate surface area is 119 Å². The van der Waals surface area contributed by atoms with Crippen molar-refractivity contribution in [3.8, 4) is 5.69 Å². The van der Waals surface area contributed by atoms with Crippen LogP contribution in [-0.2, 0) is 0 Å². The van der Waals surface area contributed by atoms with Gasteiger partial charge >= 0.3 is 0 Å². The molecule has 5 heteroatoms. The number of amides is 1. The maximum absolute atomic E-state index is 12.0. The van der Waals surface area contributed by atoms with Crippen molar-refractivity contribution < 1.29 is 4.79 Å². The summed E-state index contributed by atoms with van der Waals surface area (Å²) in [5, 5.41) is 10.8. The highest BCUT2D eigenvalue weighted by atomic mass is 16.2. The number of rotatable bonds is 6. The number of benzene rings is 1. The lowest BCUT2D eigenvalue weighted by molar-refractivity contribution is 0.0941. The summed E-state index contributed by atoms with van der Waals surface area (Å²) in [5.74, 6) is 0.349. The highest BCUT2D eigenvalue weighted by Crippen LogP contribution is 2.07. The van der Waals surface area contributed by atoms with E-state index in [0.29, 0.717) is 18.2 Å². The molecule has 106 valence electrons. The van der Waals surface area contributed by atoms with E-state index >= 15 is 0 Å². The number of para-hydroxylation sites is 1. The van der Waals surface area contributed by atoms with Crippen molar-refractivity contribution in [2.75, 3.05) is 6.54 Å². The predicted octanol–water partition coefficient (Wildman–Crippen LogP) is 2.43. The van der Waals surface area contributed by atoms with Gasteiger partial charge in [0.05, 0.1) is 11.9 Å². The number of nitrogens with zero attached hydrogens (tertiary/aromatic N) is 3. The van der Waals surface area contributed by atoms with E-state index in [4.69, 9.17) is 0 Å². The van der Waals surface area contributed by atoms with Crippen molar-refractivity contribution in [1.82, 2.24) is 20.3 Å². The average molecular weight is 272 g/mol. The lowest BCUT2D eigenvalue weighted by Gasteiger charge is -2.12. The number of hydrogen-bond acceptors (Lipinski definition) is 3. The third kappa shape index (κ3) is 3.44. The molecular weight excluding hydrogens is 252 g/mol. The first-order valence-electron chi connectivity index (χ1n) is 7.00. The van der Waals surface area contributed by atoms with Crippen LogP contribution in [0.15, 0.2) is 36.5 Å². The Kier molecular flexibility index (Phi) is 4.87. The van der Waals surface area contributed by atoms with Gasteiger partial charge in [-0.1, -0.05) is 50.1 Å². The molecule has 0 aliphatic rings. The Bertz CT molecular complexity index is 546. The van der Waals surface area contributed by atoms with E-state index in [-0.39, 0.29) is 5.91 Å². The molecule has 0 spiro atoms. The Morgan fingerprint density at radius 1 is 1.25 bits per heavy atom. The van der Waals surface area contributed by atoms with Crippen LogP contribution >= 0.6 is 0 Å². The lowest BCUT2D eigenvalue weighted by atomic mass is 10.0. The van der Waals surface area contributed by atoms with Crippen molar-refractivity contribution in [2.45, 2.75) is 26.7 Å². The summed E-state index contributed by atoms with van der Waals surface area (Å²) in [5.41, 5.74) is 1.24. The van der Waals surface area contributed by atoms with E-state index in [1.54, 1.807) is 10.9 Å². The standard InChI is InChI=1S/C15H20N4O/c1-3-12(4-2)10-16-15(20)14-11-19(18-17-14)13-8-6-5-7-9-13/h5-9,11-12H,3-4,10H2,1-2H3,(H,16,20). The second kappa shape index (κ2) is 6.84. The number of carbonyl (C=O) groups excluding carboxylic acids is 1. The minimum atomic E-state index is -0.168. The summed E-state index contributed by atoms with van der Waals surface area (Å²) in [6, 6.07) is 9.61. The fourth-order valence-corrected chi connectivity index (χ4v) is 1.98. The summed E-state index contributed by atoms with van der Waals surface area (Å²) in [4.78, 5) is 12.0. The van der Waals surface area contributed by atoms with Crippen LogP contribution in [0.3, 0.4) is 0 Å². The van der Waals surface area contributed by atoms with Gasteiger partial charge in [0.15, 0.2) is 5.69 Å². The molecule has 0 bridgehead atoms. The van der Waals surface area contributed by atoms with Gasteiger partial charge in [-0.15, -0.1) is 5.10 Å². The van der Waals surface area contributed by atoms with Crippen molar-refractivity contribution >= 4 is 5.91 Å². The highest BCUT2D eigenvalue weighted by Gasteiger charge is 2.12. The van der Waals surface area contributed by atoms with Gasteiger partial charge < -0.3 is 5.32 Å². The molecule has 0 saturated carbocycles. The van der Waals surface area contributed by atoms with E-state index in [2.05, 4.69) is 29.5 Å². The van der Waals surface area contributed by atoms with Crippen LogP contribution in [0.5, 0.6) is 0 Å². The minimum Gasteiger partial charge on any atom is -0.350 e. The molecule has 0 aliphatic carbocycles. The Balaban J connectivity index is 2.00. The maximum Gasteiger partial charge on any atom is 0.273 e. The molecule has 0 saturated heterocycles. The van der Waals surface area contributed by atoms with E-state index in [9.17, 15) is 4.79 Å². The van der Waals surface area contributed by atoms with E-state index in [0.717, 1.165) is 18.5 Å². The summed E-state index contributed by atoms with van der Waals surface area (Å²) in [6.45, 7) is 4.95. The zero-order valence-electron chi connectivity index (χ0n) is 11.9. The quantitative estimate of drug-likeness (QED) is 0.878. The van der Waals surface area contributed by atoms with Crippen molar-refractivity contribution in [1.29, 1.82) is 0 Å². The Hall–Kier alpha value is -2.17. The molecule has 0 fully saturated rings. The third-order valence-corrected chi connectivity index (χ3v) is 3.45. The van der Waals surface area contributed by atoms with Gasteiger partial charge in [-0.2, -0.15) is 0 Å². The van der Waals surface area contributed by atoms with Gasteiger partial charge in [0.1, 0.15) is 0 Å². The Morgan fingerprint density at radius 3 is 2.60 bits per heavy atom. The second-order valence-corrected chi connectivity index (χ2v) is 4.78. The van der Waals surface area contributed by atoms with Crippen molar-refractivity contribution in [3.05, 3.63) is 42.2 Å². The largest absolute Gasteiger partial charge is 0.350 e. The van der Waals surface area contributed by atoms with E-state index < -0.39 is 0 Å². The molecule has 1 N–H and O–H groups in total. The van der Waals surface area contributed by atoms with Gasteiger partial charge in [0, 0.05) is 6.54 Å². The molecule has 0 radical (unpaired) electrons. The van der Waals surface area contributed by atoms with Gasteiger partial charge in [0.2, 0.25) is 0 Å². The second-order valence-electron chi connectivity index (χ2n) is 4.78. The van der Waals surface area contributed by atoms with Crippen molar-refractivity contribution in [2.24, 2.45) is 5.92 Å². The topological polar surface area (TPSA) is 59.8 Å². The van der Waals surface area contributed by atoms with Gasteiger partial charge in [-0.3, -0.25) is 4.79 Å². The fraction of sp³-hybridized carbons (Fsp3) is 0.400. The first-order chi connectivity index (χ1) is 9.74. The summed E-state index contributed by atoms with van der Waals surface area (Å²) in [7, 11) is 0. The third-order valence-electron chi connectivity index (χ3n) is 3.45. The van der Waals surface area contributed by atoms with Gasteiger partial charge in [-0.05, 0) is 18.1 Å². The first kappa shape index (κ1) is 14.2. The maximum atomic E-state index is 12.0. The van der Waals surface area contributed by atoms with Gasteiger partial charge in [-0.25, -0.2) is 4.68 Å². The summed E-state index contributed by atoms with van der Waals surface area (Å²) in [6.07, 6.45) is 3.78. The SMILES string of the molecule is CCC(CC)CNC(=O)c1cn(-c2ccccc2)nn1. The molecule has 0 unspecified atom stereocenters. The van der Waals surface area contributed by atoms with Crippen molar-refractivity contribution in [3.63, 3.8) is 0 Å². The molecule has 2 aromatic rings. The molecule has 0 atom stereocenters. The van der Waals surface area contributed by atoms with Gasteiger partial charge in [0.25, 0.3) is 5.91 Å². The summed E-state index contributed by atoms with van der Waals surface area (Å²) < 4.78 is 1.60. The zero-order chi connectivity index (χ0) is 14.4. The Morgan fingerprint density at radius 2 is 1.95 bits per heavy atom. The zero-order valence-corrected chi connectivity index (χ0v) is 11.9. The molecular formula is C15H20N4O. The number of hydrogen-bond donors (Lipinski definition) is 1. The molecule has 1 aromatic carbocycles. The van der Waals surface area contributed by atoms with Crippen LogP contribution in [0.1, 0.15) is 37.2 Å². The van der Waals surface area contributed by atoms with Crippen LogP contribution in [0.25, 0.3) is 5.69 Å². The number of nitrogens with one attached hydrogen (secondary N) is 1. The molecule has 1 heterocycles. The molecule has 5 nitrogen and oxygen atoms in total. The number of aromatic nitrogens is 3. The highest BCUT2D eigenvalue weighted by molar-refractivity contribution is 5.91.